The van der Waals surface area contributed by atoms with Crippen molar-refractivity contribution in [3.8, 4) is 0 Å². The minimum Gasteiger partial charge on any atom is -0.456 e. The maximum atomic E-state index is 14.2. The van der Waals surface area contributed by atoms with E-state index in [-0.39, 0.29) is 30.8 Å². The number of nitrogens with zero attached hydrogens (tertiary/aromatic N) is 2. The van der Waals surface area contributed by atoms with Crippen molar-refractivity contribution in [2.24, 2.45) is 17.8 Å². The minimum atomic E-state index is -1.27. The first kappa shape index (κ1) is 54.4. The number of ether oxygens (including phenoxy) is 3. The lowest BCUT2D eigenvalue weighted by Crippen LogP contribution is -2.57. The number of hydrogen-bond acceptors (Lipinski definition) is 11. The molecule has 1 unspecified atom stereocenters. The van der Waals surface area contributed by atoms with Crippen LogP contribution in [0.25, 0.3) is 0 Å². The molecule has 1 aliphatic rings. The summed E-state index contributed by atoms with van der Waals surface area (Å²) in [4.78, 5) is 98.8. The molecule has 1 aromatic carbocycles. The molecule has 0 radical (unpaired) electrons. The Kier molecular flexibility index (Phi) is 22.5. The average Bonchev–Trinajstić information content (AvgIpc) is 3.24. The molecular weight excluding hydrogens is 834 g/mol. The maximum Gasteiger partial charge on any atom is 0.334 e. The van der Waals surface area contributed by atoms with Crippen LogP contribution in [0.3, 0.4) is 0 Å². The van der Waals surface area contributed by atoms with Gasteiger partial charge in [-0.3, -0.25) is 24.0 Å². The zero-order valence-electron chi connectivity index (χ0n) is 39.2. The van der Waals surface area contributed by atoms with Crippen LogP contribution < -0.4 is 16.0 Å². The Balaban J connectivity index is 2.69. The second-order valence-electron chi connectivity index (χ2n) is 16.9. The van der Waals surface area contributed by atoms with E-state index in [0.29, 0.717) is 17.9 Å². The van der Waals surface area contributed by atoms with E-state index in [4.69, 9.17) is 14.2 Å². The standard InChI is InChI=1S/C46H70FN5O10S/c1-14-27(5)39-42(55)49-32(10)46(59)62-40(28(6)15-2)30(8)36(60-25-63-13)21-16-29(7)45(58)61-37(22-26(3)4)41(54)48-31(9)43(56)52(12)35(23-33-17-19-34(47)20-18-33)44(57)51(11)24-38(53)50-39/h15-20,26-27,30-32,35-37,39-40H,14,21-25H2,1-13H3,(H,48,54)(H,49,55)(H,50,53)/b28-15+,29-16+/t27?,30-,31-,32+,35+,36-,37+,39-,40+/m0/s1. The van der Waals surface area contributed by atoms with Gasteiger partial charge in [-0.15, -0.1) is 11.8 Å². The number of carbonyl (C=O) groups excluding carboxylic acids is 7. The highest BCUT2D eigenvalue weighted by atomic mass is 32.2. The quantitative estimate of drug-likeness (QED) is 0.167. The summed E-state index contributed by atoms with van der Waals surface area (Å²) < 4.78 is 31.9. The van der Waals surface area contributed by atoms with Crippen LogP contribution >= 0.6 is 11.8 Å². The van der Waals surface area contributed by atoms with E-state index in [1.807, 2.05) is 53.9 Å². The number of rotatable bonds is 10. The molecule has 352 valence electrons. The minimum absolute atomic E-state index is 0.0740. The third-order valence-corrected chi connectivity index (χ3v) is 11.6. The first-order valence-corrected chi connectivity index (χ1v) is 22.9. The van der Waals surface area contributed by atoms with Crippen LogP contribution in [-0.2, 0) is 54.2 Å². The molecule has 0 saturated carbocycles. The van der Waals surface area contributed by atoms with Gasteiger partial charge in [-0.05, 0) is 88.8 Å². The number of amides is 5. The van der Waals surface area contributed by atoms with E-state index in [1.54, 1.807) is 19.9 Å². The molecule has 0 spiro atoms. The monoisotopic (exact) mass is 903 g/mol. The second-order valence-corrected chi connectivity index (χ2v) is 17.7. The molecule has 0 bridgehead atoms. The van der Waals surface area contributed by atoms with Crippen LogP contribution in [-0.4, -0.2) is 127 Å². The van der Waals surface area contributed by atoms with Gasteiger partial charge in [0.2, 0.25) is 23.6 Å². The Bertz CT molecular complexity index is 1810. The van der Waals surface area contributed by atoms with Gasteiger partial charge in [0, 0.05) is 32.0 Å². The number of hydrogen-bond donors (Lipinski definition) is 3. The van der Waals surface area contributed by atoms with Gasteiger partial charge in [0.05, 0.1) is 18.6 Å². The predicted octanol–water partition coefficient (Wildman–Crippen LogP) is 4.72. The fraction of sp³-hybridized carbons (Fsp3) is 0.630. The van der Waals surface area contributed by atoms with Gasteiger partial charge in [0.15, 0.2) is 6.10 Å². The Labute approximate surface area is 377 Å². The summed E-state index contributed by atoms with van der Waals surface area (Å²) in [7, 11) is 2.75. The van der Waals surface area contributed by atoms with Gasteiger partial charge in [-0.25, -0.2) is 14.0 Å². The largest absolute Gasteiger partial charge is 0.456 e. The first-order chi connectivity index (χ1) is 29.6. The van der Waals surface area contributed by atoms with Crippen molar-refractivity contribution in [3.05, 3.63) is 58.9 Å². The van der Waals surface area contributed by atoms with Gasteiger partial charge < -0.3 is 40.0 Å². The molecule has 15 nitrogen and oxygen atoms in total. The molecule has 1 aromatic rings. The summed E-state index contributed by atoms with van der Waals surface area (Å²) in [5, 5.41) is 8.07. The Hall–Kier alpha value is -4.77. The average molecular weight is 904 g/mol. The third kappa shape index (κ3) is 16.7. The molecule has 1 aliphatic heterocycles. The third-order valence-electron chi connectivity index (χ3n) is 11.3. The summed E-state index contributed by atoms with van der Waals surface area (Å²) in [5.74, 6) is -5.95. The van der Waals surface area contributed by atoms with Crippen LogP contribution in [0.5, 0.6) is 0 Å². The van der Waals surface area contributed by atoms with Crippen molar-refractivity contribution < 1.29 is 52.2 Å². The summed E-state index contributed by atoms with van der Waals surface area (Å²) >= 11 is 1.45. The van der Waals surface area contributed by atoms with Gasteiger partial charge >= 0.3 is 11.9 Å². The van der Waals surface area contributed by atoms with E-state index in [0.717, 1.165) is 15.4 Å². The van der Waals surface area contributed by atoms with Crippen LogP contribution in [0.4, 0.5) is 4.39 Å². The van der Waals surface area contributed by atoms with Crippen LogP contribution in [0.1, 0.15) is 94.1 Å². The normalized spacial score (nSPS) is 27.8. The highest BCUT2D eigenvalue weighted by Crippen LogP contribution is 2.26. The molecule has 1 heterocycles. The molecule has 3 N–H and O–H groups in total. The lowest BCUT2D eigenvalue weighted by Gasteiger charge is -2.33. The zero-order chi connectivity index (χ0) is 47.7. The fourth-order valence-electron chi connectivity index (χ4n) is 6.92. The van der Waals surface area contributed by atoms with Crippen molar-refractivity contribution in [3.63, 3.8) is 0 Å². The number of likely N-dealkylation sites (N-methyl/N-ethyl adjacent to an activating group) is 2. The van der Waals surface area contributed by atoms with Crippen LogP contribution in [0.15, 0.2) is 47.6 Å². The summed E-state index contributed by atoms with van der Waals surface area (Å²) in [6.45, 7) is 16.8. The maximum absolute atomic E-state index is 14.2. The Morgan fingerprint density at radius 2 is 1.56 bits per heavy atom. The molecular formula is C46H70FN5O10S. The van der Waals surface area contributed by atoms with E-state index >= 15 is 0 Å². The molecule has 0 fully saturated rings. The van der Waals surface area contributed by atoms with Crippen molar-refractivity contribution in [2.75, 3.05) is 32.8 Å². The highest BCUT2D eigenvalue weighted by molar-refractivity contribution is 7.98. The predicted molar refractivity (Wildman–Crippen MR) is 240 cm³/mol. The van der Waals surface area contributed by atoms with Gasteiger partial charge in [-0.2, -0.15) is 0 Å². The number of carbonyl (C=O) groups is 7. The smallest absolute Gasteiger partial charge is 0.334 e. The number of cyclic esters (lactones) is 2. The summed E-state index contributed by atoms with van der Waals surface area (Å²) in [5.41, 5.74) is 1.44. The second kappa shape index (κ2) is 26.1. The van der Waals surface area contributed by atoms with Crippen molar-refractivity contribution in [1.29, 1.82) is 0 Å². The van der Waals surface area contributed by atoms with E-state index in [2.05, 4.69) is 16.0 Å². The molecule has 0 saturated heterocycles. The van der Waals surface area contributed by atoms with Crippen molar-refractivity contribution in [2.45, 2.75) is 137 Å². The fourth-order valence-corrected chi connectivity index (χ4v) is 7.23. The van der Waals surface area contributed by atoms with E-state index in [1.165, 1.54) is 64.0 Å². The lowest BCUT2D eigenvalue weighted by molar-refractivity contribution is -0.155. The number of nitrogens with one attached hydrogen (secondary N) is 3. The molecule has 0 aromatic heterocycles. The van der Waals surface area contributed by atoms with Gasteiger partial charge in [0.25, 0.3) is 5.91 Å². The number of thioether (sulfide) groups is 1. The van der Waals surface area contributed by atoms with Crippen molar-refractivity contribution >= 4 is 53.2 Å². The van der Waals surface area contributed by atoms with E-state index < -0.39 is 108 Å². The Morgan fingerprint density at radius 3 is 2.13 bits per heavy atom. The highest BCUT2D eigenvalue weighted by Gasteiger charge is 2.37. The number of halogens is 1. The number of esters is 2. The van der Waals surface area contributed by atoms with Gasteiger partial charge in [-0.1, -0.05) is 65.3 Å². The summed E-state index contributed by atoms with van der Waals surface area (Å²) in [6.07, 6.45) is 3.47. The summed E-state index contributed by atoms with van der Waals surface area (Å²) in [6, 6.07) is 0.738. The van der Waals surface area contributed by atoms with Crippen LogP contribution in [0, 0.1) is 23.6 Å². The Morgan fingerprint density at radius 1 is 0.937 bits per heavy atom. The topological polar surface area (TPSA) is 190 Å². The van der Waals surface area contributed by atoms with Crippen molar-refractivity contribution in [1.82, 2.24) is 25.8 Å². The number of benzene rings is 1. The molecule has 2 rings (SSSR count). The molecule has 17 heteroatoms. The van der Waals surface area contributed by atoms with Crippen LogP contribution in [0.2, 0.25) is 0 Å². The van der Waals surface area contributed by atoms with Gasteiger partial charge in [0.1, 0.15) is 36.1 Å². The molecule has 5 amide bonds. The zero-order valence-corrected chi connectivity index (χ0v) is 40.1. The lowest BCUT2D eigenvalue weighted by atomic mass is 9.90. The molecule has 0 aliphatic carbocycles. The number of allylic oxidation sites excluding steroid dienone is 1. The van der Waals surface area contributed by atoms with E-state index in [9.17, 15) is 38.0 Å². The molecule has 9 atom stereocenters. The first-order valence-electron chi connectivity index (χ1n) is 21.5. The SMILES string of the molecule is C/C=C(\C)[C@H]1OC(=O)[C@@H](C)NC(=O)[C@H](C(C)CC)NC(=O)CN(C)C(=O)[C@@H](Cc2ccc(F)cc2)N(C)C(=O)[C@H](C)NC(=O)[C@@H](CC(C)C)OC(=O)/C(C)=C/C[C@H](OCSC)[C@@H]1C. The molecule has 63 heavy (non-hydrogen) atoms.